The molecule has 0 aliphatic carbocycles. The highest BCUT2D eigenvalue weighted by Crippen LogP contribution is 2.46. The summed E-state index contributed by atoms with van der Waals surface area (Å²) in [6, 6.07) is 50.1. The molecule has 4 nitrogen and oxygen atoms in total. The lowest BCUT2D eigenvalue weighted by atomic mass is 9.95. The molecule has 212 valence electrons. The molecule has 1 unspecified atom stereocenters. The molecule has 1 N–H and O–H groups in total. The Morgan fingerprint density at radius 3 is 2.07 bits per heavy atom. The summed E-state index contributed by atoms with van der Waals surface area (Å²) in [5, 5.41) is 16.3. The Balaban J connectivity index is 1.32. The zero-order valence-corrected chi connectivity index (χ0v) is 25.0. The number of allylic oxidation sites excluding steroid dienone is 1. The zero-order chi connectivity index (χ0) is 30.2. The maximum atomic E-state index is 10.5. The minimum absolute atomic E-state index is 0.231. The monoisotopic (exact) mass is 594 g/mol. The summed E-state index contributed by atoms with van der Waals surface area (Å²) in [5.41, 5.74) is 9.89. The third-order valence-electron chi connectivity index (χ3n) is 8.17. The first kappa shape index (κ1) is 26.8. The summed E-state index contributed by atoms with van der Waals surface area (Å²) < 4.78 is 1.02. The molecule has 0 bridgehead atoms. The van der Waals surface area contributed by atoms with Gasteiger partial charge in [0.15, 0.2) is 0 Å². The van der Waals surface area contributed by atoms with Crippen LogP contribution in [0.25, 0.3) is 49.1 Å². The second-order valence-electron chi connectivity index (χ2n) is 10.9. The highest BCUT2D eigenvalue weighted by molar-refractivity contribution is 7.21. The van der Waals surface area contributed by atoms with Gasteiger partial charge in [0, 0.05) is 27.6 Å². The lowest BCUT2D eigenvalue weighted by molar-refractivity contribution is 0.664. The molecule has 0 saturated carbocycles. The van der Waals surface area contributed by atoms with Gasteiger partial charge in [0.2, 0.25) is 0 Å². The SMILES string of the molecule is N#Cc1sc2c(-c3ccccc3)nc3ccccc3c2c1-c1cccc(C2=CC(c3ccccc3)=NC(c3ccccc3)N2)c1. The smallest absolute Gasteiger partial charge is 0.145 e. The van der Waals surface area contributed by atoms with E-state index >= 15 is 0 Å². The molecule has 2 aromatic heterocycles. The number of rotatable bonds is 5. The summed E-state index contributed by atoms with van der Waals surface area (Å²) in [6.45, 7) is 0. The molecule has 0 saturated heterocycles. The van der Waals surface area contributed by atoms with E-state index in [0.717, 1.165) is 71.5 Å². The van der Waals surface area contributed by atoms with Crippen molar-refractivity contribution in [3.05, 3.63) is 167 Å². The summed E-state index contributed by atoms with van der Waals surface area (Å²) in [6.07, 6.45) is 1.89. The van der Waals surface area contributed by atoms with Gasteiger partial charge >= 0.3 is 0 Å². The summed E-state index contributed by atoms with van der Waals surface area (Å²) in [4.78, 5) is 10.9. The number of benzene rings is 5. The zero-order valence-electron chi connectivity index (χ0n) is 24.2. The van der Waals surface area contributed by atoms with Crippen LogP contribution in [-0.4, -0.2) is 10.7 Å². The molecule has 1 aliphatic rings. The number of nitrogens with zero attached hydrogens (tertiary/aromatic N) is 3. The molecule has 3 heterocycles. The van der Waals surface area contributed by atoms with Crippen molar-refractivity contribution in [2.24, 2.45) is 4.99 Å². The second-order valence-corrected chi connectivity index (χ2v) is 12.0. The van der Waals surface area contributed by atoms with E-state index in [1.165, 1.54) is 11.3 Å². The minimum atomic E-state index is -0.231. The van der Waals surface area contributed by atoms with E-state index in [9.17, 15) is 5.26 Å². The van der Waals surface area contributed by atoms with Gasteiger partial charge in [-0.1, -0.05) is 127 Å². The lowest BCUT2D eigenvalue weighted by Crippen LogP contribution is -2.24. The van der Waals surface area contributed by atoms with Crippen LogP contribution < -0.4 is 5.32 Å². The largest absolute Gasteiger partial charge is 0.360 e. The number of para-hydroxylation sites is 1. The number of fused-ring (bicyclic) bond motifs is 3. The summed E-state index contributed by atoms with van der Waals surface area (Å²) in [7, 11) is 0. The minimum Gasteiger partial charge on any atom is -0.360 e. The van der Waals surface area contributed by atoms with Crippen LogP contribution in [0.1, 0.15) is 27.7 Å². The Morgan fingerprint density at radius 1 is 0.667 bits per heavy atom. The molecule has 0 spiro atoms. The molecule has 45 heavy (non-hydrogen) atoms. The van der Waals surface area contributed by atoms with Gasteiger partial charge in [-0.25, -0.2) is 4.98 Å². The van der Waals surface area contributed by atoms with Crippen LogP contribution in [-0.2, 0) is 0 Å². The van der Waals surface area contributed by atoms with Crippen molar-refractivity contribution in [3.8, 4) is 28.5 Å². The molecular formula is C40H26N4S. The van der Waals surface area contributed by atoms with Crippen LogP contribution in [0.3, 0.4) is 0 Å². The van der Waals surface area contributed by atoms with Crippen molar-refractivity contribution in [2.75, 3.05) is 0 Å². The molecule has 7 aromatic rings. The Hall–Kier alpha value is -5.83. The molecule has 5 heteroatoms. The average Bonchev–Trinajstić information content (AvgIpc) is 3.52. The molecule has 5 aromatic carbocycles. The first-order valence-corrected chi connectivity index (χ1v) is 15.7. The van der Waals surface area contributed by atoms with E-state index in [4.69, 9.17) is 9.98 Å². The van der Waals surface area contributed by atoms with Gasteiger partial charge in [0.1, 0.15) is 17.1 Å². The number of aliphatic imine (C=N–C) groups is 1. The van der Waals surface area contributed by atoms with Gasteiger partial charge in [-0.05, 0) is 40.5 Å². The maximum absolute atomic E-state index is 10.5. The van der Waals surface area contributed by atoms with Gasteiger partial charge in [-0.15, -0.1) is 11.3 Å². The number of aromatic nitrogens is 1. The number of hydrogen-bond acceptors (Lipinski definition) is 5. The van der Waals surface area contributed by atoms with E-state index < -0.39 is 0 Å². The highest BCUT2D eigenvalue weighted by Gasteiger charge is 2.23. The standard InChI is InChI=1S/C40H26N4S/c41-25-35-36(37-31-21-10-11-22-32(31)42-38(39(37)45-35)27-15-6-2-7-16-27)30-20-12-19-29(23-30)34-24-33(26-13-4-1-5-14-26)43-40(44-34)28-17-8-3-9-18-28/h1-24,40,44H. The molecule has 8 rings (SSSR count). The van der Waals surface area contributed by atoms with E-state index in [1.807, 2.05) is 66.7 Å². The predicted octanol–water partition coefficient (Wildman–Crippen LogP) is 9.79. The van der Waals surface area contributed by atoms with Crippen molar-refractivity contribution in [1.82, 2.24) is 10.3 Å². The normalized spacial score (nSPS) is 14.4. The fourth-order valence-corrected chi connectivity index (χ4v) is 7.20. The van der Waals surface area contributed by atoms with E-state index in [-0.39, 0.29) is 6.17 Å². The Labute approximate surface area is 265 Å². The van der Waals surface area contributed by atoms with Crippen molar-refractivity contribution >= 4 is 43.7 Å². The van der Waals surface area contributed by atoms with Gasteiger partial charge in [0.25, 0.3) is 0 Å². The first-order chi connectivity index (χ1) is 22.3. The van der Waals surface area contributed by atoms with Crippen LogP contribution in [0.15, 0.2) is 151 Å². The van der Waals surface area contributed by atoms with Crippen molar-refractivity contribution < 1.29 is 0 Å². The van der Waals surface area contributed by atoms with Crippen LogP contribution in [0.2, 0.25) is 0 Å². The lowest BCUT2D eigenvalue weighted by Gasteiger charge is -2.25. The molecular weight excluding hydrogens is 569 g/mol. The third-order valence-corrected chi connectivity index (χ3v) is 9.27. The summed E-state index contributed by atoms with van der Waals surface area (Å²) in [5.74, 6) is 0. The van der Waals surface area contributed by atoms with Crippen molar-refractivity contribution in [3.63, 3.8) is 0 Å². The van der Waals surface area contributed by atoms with Crippen LogP contribution in [0, 0.1) is 11.3 Å². The molecule has 0 fully saturated rings. The van der Waals surface area contributed by atoms with E-state index in [0.29, 0.717) is 4.88 Å². The highest BCUT2D eigenvalue weighted by atomic mass is 32.1. The fraction of sp³-hybridized carbons (Fsp3) is 0.0250. The fourth-order valence-electron chi connectivity index (χ4n) is 6.06. The van der Waals surface area contributed by atoms with Gasteiger partial charge in [0.05, 0.1) is 21.6 Å². The molecule has 0 amide bonds. The topological polar surface area (TPSA) is 61.1 Å². The number of nitriles is 1. The third kappa shape index (κ3) is 4.88. The second kappa shape index (κ2) is 11.3. The Bertz CT molecular complexity index is 2300. The first-order valence-electron chi connectivity index (χ1n) is 14.8. The van der Waals surface area contributed by atoms with Crippen LogP contribution in [0.5, 0.6) is 0 Å². The number of hydrogen-bond donors (Lipinski definition) is 1. The van der Waals surface area contributed by atoms with E-state index in [1.54, 1.807) is 0 Å². The molecule has 0 radical (unpaired) electrons. The van der Waals surface area contributed by atoms with Gasteiger partial charge in [-0.2, -0.15) is 5.26 Å². The van der Waals surface area contributed by atoms with E-state index in [2.05, 4.69) is 90.3 Å². The number of pyridine rings is 1. The molecule has 1 atom stereocenters. The Morgan fingerprint density at radius 2 is 1.31 bits per heavy atom. The van der Waals surface area contributed by atoms with Crippen molar-refractivity contribution in [1.29, 1.82) is 5.26 Å². The quantitative estimate of drug-likeness (QED) is 0.216. The van der Waals surface area contributed by atoms with Crippen LogP contribution >= 0.6 is 11.3 Å². The van der Waals surface area contributed by atoms with Crippen molar-refractivity contribution in [2.45, 2.75) is 6.17 Å². The average molecular weight is 595 g/mol. The summed E-state index contributed by atoms with van der Waals surface area (Å²) >= 11 is 1.52. The Kier molecular flexibility index (Phi) is 6.75. The molecule has 1 aliphatic heterocycles. The van der Waals surface area contributed by atoms with Gasteiger partial charge in [-0.3, -0.25) is 4.99 Å². The predicted molar refractivity (Wildman–Crippen MR) is 186 cm³/mol. The van der Waals surface area contributed by atoms with Crippen LogP contribution in [0.4, 0.5) is 0 Å². The maximum Gasteiger partial charge on any atom is 0.145 e. The number of nitrogens with one attached hydrogen (secondary N) is 1. The number of thiophene rings is 1. The van der Waals surface area contributed by atoms with Gasteiger partial charge < -0.3 is 5.32 Å².